The Balaban J connectivity index is 2.07. The molecule has 0 bridgehead atoms. The summed E-state index contributed by atoms with van der Waals surface area (Å²) < 4.78 is 5.37. The molecule has 1 saturated heterocycles. The molecule has 8 heteroatoms. The zero-order valence-corrected chi connectivity index (χ0v) is 11.5. The van der Waals surface area contributed by atoms with Gasteiger partial charge in [-0.3, -0.25) is 4.79 Å². The fourth-order valence-electron chi connectivity index (χ4n) is 2.27. The number of carbonyl (C=O) groups is 1. The van der Waals surface area contributed by atoms with E-state index in [2.05, 4.69) is 10.3 Å². The fourth-order valence-corrected chi connectivity index (χ4v) is 2.27. The molecule has 1 aromatic rings. The van der Waals surface area contributed by atoms with Gasteiger partial charge in [-0.1, -0.05) is 0 Å². The van der Waals surface area contributed by atoms with E-state index in [0.717, 1.165) is 0 Å². The van der Waals surface area contributed by atoms with E-state index in [1.165, 1.54) is 18.3 Å². The van der Waals surface area contributed by atoms with Crippen molar-refractivity contribution in [3.8, 4) is 0 Å². The summed E-state index contributed by atoms with van der Waals surface area (Å²) >= 11 is 0. The first-order valence-electron chi connectivity index (χ1n) is 6.59. The molecule has 5 unspecified atom stereocenters. The van der Waals surface area contributed by atoms with Gasteiger partial charge in [0.05, 0.1) is 30.6 Å². The summed E-state index contributed by atoms with van der Waals surface area (Å²) in [5.41, 5.74) is 6.07. The number of amides is 1. The van der Waals surface area contributed by atoms with Gasteiger partial charge >= 0.3 is 0 Å². The van der Waals surface area contributed by atoms with Crippen molar-refractivity contribution in [2.75, 3.05) is 12.3 Å². The maximum Gasteiger partial charge on any atom is 0.270 e. The van der Waals surface area contributed by atoms with Gasteiger partial charge in [0.2, 0.25) is 0 Å². The van der Waals surface area contributed by atoms with E-state index in [9.17, 15) is 15.0 Å². The number of aliphatic hydroxyl groups excluding tert-OH is 3. The Morgan fingerprint density at radius 1 is 1.43 bits per heavy atom. The molecule has 0 aliphatic carbocycles. The van der Waals surface area contributed by atoms with Crippen molar-refractivity contribution < 1.29 is 24.9 Å². The molecule has 0 spiro atoms. The lowest BCUT2D eigenvalue weighted by atomic mass is 9.93. The summed E-state index contributed by atoms with van der Waals surface area (Å²) in [6.45, 7) is 1.22. The van der Waals surface area contributed by atoms with Crippen LogP contribution < -0.4 is 11.1 Å². The molecule has 0 aromatic carbocycles. The number of rotatable bonds is 3. The van der Waals surface area contributed by atoms with Crippen molar-refractivity contribution in [3.05, 3.63) is 24.0 Å². The van der Waals surface area contributed by atoms with Crippen LogP contribution in [0.1, 0.15) is 17.4 Å². The van der Waals surface area contributed by atoms with Crippen LogP contribution in [0, 0.1) is 0 Å². The minimum Gasteiger partial charge on any atom is -0.397 e. The zero-order chi connectivity index (χ0) is 15.6. The van der Waals surface area contributed by atoms with E-state index in [1.54, 1.807) is 6.92 Å². The summed E-state index contributed by atoms with van der Waals surface area (Å²) in [7, 11) is 0. The fraction of sp³-hybridized carbons (Fsp3) is 0.538. The average molecular weight is 297 g/mol. The summed E-state index contributed by atoms with van der Waals surface area (Å²) in [6, 6.07) is 2.18. The normalized spacial score (nSPS) is 32.7. The van der Waals surface area contributed by atoms with E-state index in [-0.39, 0.29) is 5.69 Å². The third kappa shape index (κ3) is 3.30. The van der Waals surface area contributed by atoms with E-state index >= 15 is 0 Å². The molecular formula is C13H19N3O5. The molecule has 0 saturated carbocycles. The summed E-state index contributed by atoms with van der Waals surface area (Å²) in [4.78, 5) is 15.9. The lowest BCUT2D eigenvalue weighted by molar-refractivity contribution is -0.187. The smallest absolute Gasteiger partial charge is 0.270 e. The highest BCUT2D eigenvalue weighted by Gasteiger charge is 2.43. The molecule has 2 rings (SSSR count). The molecule has 8 nitrogen and oxygen atoms in total. The van der Waals surface area contributed by atoms with Crippen LogP contribution in [0.3, 0.4) is 0 Å². The quantitative estimate of drug-likeness (QED) is 0.446. The number of hydrogen-bond donors (Lipinski definition) is 5. The molecule has 1 aliphatic heterocycles. The van der Waals surface area contributed by atoms with Crippen LogP contribution >= 0.6 is 0 Å². The van der Waals surface area contributed by atoms with Gasteiger partial charge in [-0.25, -0.2) is 4.98 Å². The van der Waals surface area contributed by atoms with Crippen LogP contribution in [0.5, 0.6) is 0 Å². The number of aromatic nitrogens is 1. The molecule has 21 heavy (non-hydrogen) atoms. The Hall–Kier alpha value is -1.74. The molecule has 0 radical (unpaired) electrons. The summed E-state index contributed by atoms with van der Waals surface area (Å²) in [6.07, 6.45) is -2.63. The lowest BCUT2D eigenvalue weighted by Crippen LogP contribution is -2.63. The highest BCUT2D eigenvalue weighted by Crippen LogP contribution is 2.21. The first-order valence-corrected chi connectivity index (χ1v) is 6.59. The van der Waals surface area contributed by atoms with Gasteiger partial charge in [-0.05, 0) is 19.1 Å². The molecule has 2 heterocycles. The summed E-state index contributed by atoms with van der Waals surface area (Å²) in [5, 5.41) is 31.5. The number of ether oxygens (including phenoxy) is 1. The van der Waals surface area contributed by atoms with E-state index in [4.69, 9.17) is 15.6 Å². The Morgan fingerprint density at radius 2 is 2.14 bits per heavy atom. The minimum absolute atomic E-state index is 0.141. The minimum atomic E-state index is -1.28. The standard InChI is InChI=1S/C13H19N3O5/c1-6-10(12(19)11(18)9(5-17)21-6)16-13(20)8-3-2-7(14)4-15-8/h2-4,6,9-12,17-19H,5,14H2,1H3,(H,16,20). The predicted octanol–water partition coefficient (Wildman–Crippen LogP) is -1.74. The molecule has 6 N–H and O–H groups in total. The maximum atomic E-state index is 12.1. The SMILES string of the molecule is CC1OC(CO)C(O)C(O)C1NC(=O)c1ccc(N)cn1. The van der Waals surface area contributed by atoms with Gasteiger partial charge in [0.25, 0.3) is 5.91 Å². The summed E-state index contributed by atoms with van der Waals surface area (Å²) in [5.74, 6) is -0.510. The second-order valence-electron chi connectivity index (χ2n) is 5.02. The van der Waals surface area contributed by atoms with E-state index in [0.29, 0.717) is 5.69 Å². The van der Waals surface area contributed by atoms with E-state index in [1.807, 2.05) is 0 Å². The maximum absolute atomic E-state index is 12.1. The molecule has 1 fully saturated rings. The van der Waals surface area contributed by atoms with Crippen molar-refractivity contribution in [2.24, 2.45) is 0 Å². The van der Waals surface area contributed by atoms with E-state index < -0.39 is 43.0 Å². The van der Waals surface area contributed by atoms with Crippen LogP contribution in [-0.4, -0.2) is 63.3 Å². The highest BCUT2D eigenvalue weighted by atomic mass is 16.5. The monoisotopic (exact) mass is 297 g/mol. The molecule has 1 amide bonds. The zero-order valence-electron chi connectivity index (χ0n) is 11.5. The molecular weight excluding hydrogens is 278 g/mol. The predicted molar refractivity (Wildman–Crippen MR) is 73.3 cm³/mol. The lowest BCUT2D eigenvalue weighted by Gasteiger charge is -2.41. The number of hydrogen-bond acceptors (Lipinski definition) is 7. The Labute approximate surface area is 121 Å². The Bertz CT molecular complexity index is 495. The van der Waals surface area contributed by atoms with Gasteiger partial charge in [0, 0.05) is 0 Å². The number of nitrogen functional groups attached to an aromatic ring is 1. The topological polar surface area (TPSA) is 138 Å². The van der Waals surface area contributed by atoms with Gasteiger partial charge in [0.1, 0.15) is 24.0 Å². The number of nitrogens with zero attached hydrogens (tertiary/aromatic N) is 1. The highest BCUT2D eigenvalue weighted by molar-refractivity contribution is 5.92. The van der Waals surface area contributed by atoms with Crippen LogP contribution in [0.2, 0.25) is 0 Å². The van der Waals surface area contributed by atoms with Gasteiger partial charge in [0.15, 0.2) is 0 Å². The number of carbonyl (C=O) groups excluding carboxylic acids is 1. The Kier molecular flexibility index (Phi) is 4.73. The molecule has 1 aromatic heterocycles. The molecule has 1 aliphatic rings. The number of nitrogens with one attached hydrogen (secondary N) is 1. The Morgan fingerprint density at radius 3 is 2.71 bits per heavy atom. The number of aliphatic hydroxyl groups is 3. The van der Waals surface area contributed by atoms with Crippen molar-refractivity contribution in [2.45, 2.75) is 37.4 Å². The van der Waals surface area contributed by atoms with Crippen LogP contribution in [0.25, 0.3) is 0 Å². The third-order valence-corrected chi connectivity index (χ3v) is 3.49. The first-order chi connectivity index (χ1) is 9.93. The van der Waals surface area contributed by atoms with Crippen LogP contribution in [0.4, 0.5) is 5.69 Å². The number of pyridine rings is 1. The van der Waals surface area contributed by atoms with Gasteiger partial charge in [-0.15, -0.1) is 0 Å². The molecule has 116 valence electrons. The number of nitrogens with two attached hydrogens (primary N) is 1. The van der Waals surface area contributed by atoms with Crippen molar-refractivity contribution in [1.29, 1.82) is 0 Å². The number of anilines is 1. The van der Waals surface area contributed by atoms with Crippen LogP contribution in [-0.2, 0) is 4.74 Å². The van der Waals surface area contributed by atoms with Gasteiger partial charge in [-0.2, -0.15) is 0 Å². The van der Waals surface area contributed by atoms with Crippen LogP contribution in [0.15, 0.2) is 18.3 Å². The van der Waals surface area contributed by atoms with Crippen molar-refractivity contribution in [1.82, 2.24) is 10.3 Å². The first kappa shape index (κ1) is 15.6. The molecule has 5 atom stereocenters. The van der Waals surface area contributed by atoms with Gasteiger partial charge < -0.3 is 31.1 Å². The largest absolute Gasteiger partial charge is 0.397 e. The van der Waals surface area contributed by atoms with Crippen molar-refractivity contribution in [3.63, 3.8) is 0 Å². The second kappa shape index (κ2) is 6.35. The average Bonchev–Trinajstić information content (AvgIpc) is 2.47. The third-order valence-electron chi connectivity index (χ3n) is 3.49. The van der Waals surface area contributed by atoms with Crippen molar-refractivity contribution >= 4 is 11.6 Å². The second-order valence-corrected chi connectivity index (χ2v) is 5.02.